The van der Waals surface area contributed by atoms with Crippen LogP contribution < -0.4 is 15.5 Å². The summed E-state index contributed by atoms with van der Waals surface area (Å²) in [6, 6.07) is 40.5. The van der Waals surface area contributed by atoms with Crippen molar-refractivity contribution in [3.63, 3.8) is 0 Å². The van der Waals surface area contributed by atoms with Crippen molar-refractivity contribution in [1.29, 1.82) is 0 Å². The molecule has 0 aliphatic carbocycles. The third-order valence-corrected chi connectivity index (χ3v) is 8.36. The minimum Gasteiger partial charge on any atom is -0.321 e. The zero-order chi connectivity index (χ0) is 32.3. The van der Waals surface area contributed by atoms with Gasteiger partial charge in [0.1, 0.15) is 11.5 Å². The number of halogens is 1. The molecule has 0 spiro atoms. The molecule has 0 radical (unpaired) electrons. The van der Waals surface area contributed by atoms with Crippen molar-refractivity contribution in [3.05, 3.63) is 162 Å². The molecule has 0 saturated carbocycles. The highest BCUT2D eigenvalue weighted by molar-refractivity contribution is 8.00. The van der Waals surface area contributed by atoms with E-state index in [-0.39, 0.29) is 16.9 Å². The van der Waals surface area contributed by atoms with Crippen LogP contribution in [0, 0.1) is 5.82 Å². The zero-order valence-corrected chi connectivity index (χ0v) is 25.9. The average Bonchev–Trinajstić information content (AvgIpc) is 3.10. The van der Waals surface area contributed by atoms with Crippen LogP contribution in [0.4, 0.5) is 21.5 Å². The molecule has 8 heteroatoms. The molecule has 1 unspecified atom stereocenters. The van der Waals surface area contributed by atoms with E-state index in [0.717, 1.165) is 16.3 Å². The maximum absolute atomic E-state index is 13.9. The van der Waals surface area contributed by atoms with Crippen LogP contribution in [0.2, 0.25) is 0 Å². The molecule has 0 heterocycles. The molecule has 5 aromatic rings. The first-order valence-electron chi connectivity index (χ1n) is 14.8. The van der Waals surface area contributed by atoms with Crippen LogP contribution in [0.25, 0.3) is 6.08 Å². The Morgan fingerprint density at radius 3 is 1.83 bits per heavy atom. The number of para-hydroxylation sites is 2. The fraction of sp³-hybridized carbons (Fsp3) is 0.0789. The molecule has 0 aromatic heterocycles. The predicted octanol–water partition coefficient (Wildman–Crippen LogP) is 8.47. The maximum Gasteiger partial charge on any atom is 0.272 e. The van der Waals surface area contributed by atoms with Gasteiger partial charge in [0, 0.05) is 27.5 Å². The van der Waals surface area contributed by atoms with Gasteiger partial charge in [0.2, 0.25) is 5.91 Å². The fourth-order valence-electron chi connectivity index (χ4n) is 4.66. The number of carbonyl (C=O) groups is 3. The van der Waals surface area contributed by atoms with Crippen LogP contribution in [-0.4, -0.2) is 23.0 Å². The summed E-state index contributed by atoms with van der Waals surface area (Å²) in [5.41, 5.74) is 3.02. The van der Waals surface area contributed by atoms with Gasteiger partial charge in [0.25, 0.3) is 11.8 Å². The van der Waals surface area contributed by atoms with Crippen LogP contribution in [0.5, 0.6) is 0 Å². The van der Waals surface area contributed by atoms with Crippen molar-refractivity contribution >= 4 is 52.6 Å². The van der Waals surface area contributed by atoms with Gasteiger partial charge in [-0.2, -0.15) is 0 Å². The van der Waals surface area contributed by atoms with Gasteiger partial charge in [-0.15, -0.1) is 11.8 Å². The molecule has 46 heavy (non-hydrogen) atoms. The van der Waals surface area contributed by atoms with E-state index < -0.39 is 17.6 Å². The summed E-state index contributed by atoms with van der Waals surface area (Å²) >= 11 is 1.45. The number of anilines is 3. The van der Waals surface area contributed by atoms with E-state index in [1.807, 2.05) is 79.7 Å². The summed E-state index contributed by atoms with van der Waals surface area (Å²) < 4.78 is 13.5. The average molecular weight is 630 g/mol. The second-order valence-electron chi connectivity index (χ2n) is 10.3. The quantitative estimate of drug-likeness (QED) is 0.114. The molecular formula is C38H32FN3O3S. The largest absolute Gasteiger partial charge is 0.321 e. The van der Waals surface area contributed by atoms with E-state index in [4.69, 9.17) is 0 Å². The molecule has 5 aromatic carbocycles. The van der Waals surface area contributed by atoms with Crippen LogP contribution in [0.1, 0.15) is 29.3 Å². The Morgan fingerprint density at radius 1 is 0.739 bits per heavy atom. The second-order valence-corrected chi connectivity index (χ2v) is 11.5. The molecule has 5 rings (SSSR count). The normalized spacial score (nSPS) is 11.7. The molecule has 3 amide bonds. The molecule has 0 aliphatic rings. The lowest BCUT2D eigenvalue weighted by molar-refractivity contribution is -0.117. The van der Waals surface area contributed by atoms with E-state index in [2.05, 4.69) is 10.6 Å². The number of hydrogen-bond donors (Lipinski definition) is 2. The Bertz CT molecular complexity index is 1760. The van der Waals surface area contributed by atoms with Crippen molar-refractivity contribution in [2.75, 3.05) is 10.2 Å². The summed E-state index contributed by atoms with van der Waals surface area (Å²) in [4.78, 5) is 42.8. The molecule has 0 fully saturated rings. The summed E-state index contributed by atoms with van der Waals surface area (Å²) in [5.74, 6) is -1.44. The number of thioether (sulfide) groups is 1. The zero-order valence-electron chi connectivity index (χ0n) is 25.1. The molecule has 0 bridgehead atoms. The Morgan fingerprint density at radius 2 is 1.28 bits per heavy atom. The summed E-state index contributed by atoms with van der Waals surface area (Å²) in [6.07, 6.45) is 2.10. The van der Waals surface area contributed by atoms with Gasteiger partial charge in [0.05, 0.1) is 5.25 Å². The van der Waals surface area contributed by atoms with Crippen LogP contribution >= 0.6 is 11.8 Å². The van der Waals surface area contributed by atoms with Gasteiger partial charge in [-0.25, -0.2) is 4.39 Å². The van der Waals surface area contributed by atoms with Crippen molar-refractivity contribution in [2.45, 2.75) is 23.5 Å². The summed E-state index contributed by atoms with van der Waals surface area (Å²) in [7, 11) is 0. The molecule has 1 atom stereocenters. The lowest BCUT2D eigenvalue weighted by Gasteiger charge is -2.27. The minimum atomic E-state index is -0.544. The third-order valence-electron chi connectivity index (χ3n) is 7.00. The molecule has 6 nitrogen and oxygen atoms in total. The standard InChI is InChI=1S/C38H32FN3O3S/c1-2-35(38(45)42(31-14-8-4-9-15-31)32-16-10-5-11-17-32)46-33-24-22-30(23-25-33)40-37(44)34(26-27-18-20-29(39)21-19-27)41-36(43)28-12-6-3-7-13-28/h3-26,35H,2H2,1H3,(H,40,44)(H,41,43)/b34-26-. The van der Waals surface area contributed by atoms with Gasteiger partial charge in [-0.3, -0.25) is 19.3 Å². The smallest absolute Gasteiger partial charge is 0.272 e. The SMILES string of the molecule is CCC(Sc1ccc(NC(=O)/C(=C/c2ccc(F)cc2)NC(=O)c2ccccc2)cc1)C(=O)N(c1ccccc1)c1ccccc1. The molecule has 2 N–H and O–H groups in total. The van der Waals surface area contributed by atoms with Gasteiger partial charge in [-0.1, -0.05) is 73.7 Å². The third kappa shape index (κ3) is 8.37. The van der Waals surface area contributed by atoms with E-state index in [1.54, 1.807) is 47.4 Å². The van der Waals surface area contributed by atoms with Gasteiger partial charge >= 0.3 is 0 Å². The maximum atomic E-state index is 13.9. The van der Waals surface area contributed by atoms with Crippen molar-refractivity contribution in [1.82, 2.24) is 5.32 Å². The highest BCUT2D eigenvalue weighted by Gasteiger charge is 2.26. The van der Waals surface area contributed by atoms with Crippen LogP contribution in [-0.2, 0) is 9.59 Å². The first-order valence-corrected chi connectivity index (χ1v) is 15.6. The number of amides is 3. The van der Waals surface area contributed by atoms with E-state index in [9.17, 15) is 18.8 Å². The van der Waals surface area contributed by atoms with Crippen LogP contribution in [0.3, 0.4) is 0 Å². The highest BCUT2D eigenvalue weighted by Crippen LogP contribution is 2.33. The monoisotopic (exact) mass is 629 g/mol. The Balaban J connectivity index is 1.31. The van der Waals surface area contributed by atoms with E-state index >= 15 is 0 Å². The number of hydrogen-bond acceptors (Lipinski definition) is 4. The van der Waals surface area contributed by atoms with Crippen molar-refractivity contribution in [2.24, 2.45) is 0 Å². The Labute approximate surface area is 272 Å². The van der Waals surface area contributed by atoms with E-state index in [1.165, 1.54) is 42.1 Å². The molecule has 0 aliphatic heterocycles. The lowest BCUT2D eigenvalue weighted by Crippen LogP contribution is -2.34. The number of rotatable bonds is 11. The predicted molar refractivity (Wildman–Crippen MR) is 183 cm³/mol. The van der Waals surface area contributed by atoms with Gasteiger partial charge < -0.3 is 10.6 Å². The first-order chi connectivity index (χ1) is 22.4. The first kappa shape index (κ1) is 31.9. The number of nitrogens with one attached hydrogen (secondary N) is 2. The van der Waals surface area contributed by atoms with Crippen molar-refractivity contribution in [3.8, 4) is 0 Å². The number of carbonyl (C=O) groups excluding carboxylic acids is 3. The molecular weight excluding hydrogens is 598 g/mol. The molecule has 230 valence electrons. The Kier molecular flexibility index (Phi) is 10.8. The second kappa shape index (κ2) is 15.5. The summed E-state index contributed by atoms with van der Waals surface area (Å²) in [6.45, 7) is 1.98. The molecule has 0 saturated heterocycles. The van der Waals surface area contributed by atoms with Crippen molar-refractivity contribution < 1.29 is 18.8 Å². The van der Waals surface area contributed by atoms with Gasteiger partial charge in [0.15, 0.2) is 0 Å². The van der Waals surface area contributed by atoms with Gasteiger partial charge in [-0.05, 0) is 90.9 Å². The number of nitrogens with zero attached hydrogens (tertiary/aromatic N) is 1. The lowest BCUT2D eigenvalue weighted by atomic mass is 10.1. The van der Waals surface area contributed by atoms with E-state index in [0.29, 0.717) is 23.2 Å². The highest BCUT2D eigenvalue weighted by atomic mass is 32.2. The number of benzene rings is 5. The Hall–Kier alpha value is -5.47. The fourth-order valence-corrected chi connectivity index (χ4v) is 5.65. The summed E-state index contributed by atoms with van der Waals surface area (Å²) in [5, 5.41) is 5.15. The topological polar surface area (TPSA) is 78.5 Å². The minimum absolute atomic E-state index is 0.00234. The van der Waals surface area contributed by atoms with Crippen LogP contribution in [0.15, 0.2) is 150 Å².